The fourth-order valence-corrected chi connectivity index (χ4v) is 1.86. The predicted molar refractivity (Wildman–Crippen MR) is 66.3 cm³/mol. The van der Waals surface area contributed by atoms with E-state index in [0.29, 0.717) is 10.9 Å². The van der Waals surface area contributed by atoms with Crippen LogP contribution in [0.3, 0.4) is 0 Å². The van der Waals surface area contributed by atoms with Gasteiger partial charge in [0, 0.05) is 11.8 Å². The molecule has 0 heterocycles. The van der Waals surface area contributed by atoms with Crippen molar-refractivity contribution < 1.29 is 19.4 Å². The molecule has 4 heteroatoms. The van der Waals surface area contributed by atoms with Gasteiger partial charge in [0.1, 0.15) is 5.75 Å². The molecule has 0 bridgehead atoms. The molecule has 0 amide bonds. The molecule has 0 atom stereocenters. The number of phenolic OH excluding ortho intramolecular Hbond substituents is 1. The van der Waals surface area contributed by atoms with E-state index < -0.39 is 11.8 Å². The van der Waals surface area contributed by atoms with Gasteiger partial charge < -0.3 is 9.84 Å². The molecule has 1 N–H and O–H groups in total. The number of phenols is 1. The molecule has 92 valence electrons. The van der Waals surface area contributed by atoms with Gasteiger partial charge in [0.05, 0.1) is 7.11 Å². The summed E-state index contributed by atoms with van der Waals surface area (Å²) >= 11 is 0. The number of Topliss-reactive ketones (excluding diaryl/α,β-unsaturated/α-hetero) is 1. The van der Waals surface area contributed by atoms with Crippen LogP contribution < -0.4 is 0 Å². The summed E-state index contributed by atoms with van der Waals surface area (Å²) < 4.78 is 4.38. The highest BCUT2D eigenvalue weighted by molar-refractivity contribution is 6.34. The van der Waals surface area contributed by atoms with Crippen LogP contribution in [0, 0.1) is 0 Å². The van der Waals surface area contributed by atoms with Gasteiger partial charge in [-0.2, -0.15) is 0 Å². The molecular formula is C14H12O4. The van der Waals surface area contributed by atoms with Crippen molar-refractivity contribution in [1.82, 2.24) is 0 Å². The van der Waals surface area contributed by atoms with Crippen molar-refractivity contribution in [3.05, 3.63) is 42.0 Å². The first kappa shape index (κ1) is 12.1. The Bertz CT molecular complexity index is 616. The van der Waals surface area contributed by atoms with Crippen LogP contribution in [-0.4, -0.2) is 24.0 Å². The van der Waals surface area contributed by atoms with Crippen molar-refractivity contribution in [3.8, 4) is 5.75 Å². The normalized spacial score (nSPS) is 10.3. The number of fused-ring (bicyclic) bond motifs is 1. The number of esters is 1. The van der Waals surface area contributed by atoms with Gasteiger partial charge in [-0.15, -0.1) is 0 Å². The largest absolute Gasteiger partial charge is 0.507 e. The Balaban J connectivity index is 2.43. The van der Waals surface area contributed by atoms with E-state index in [9.17, 15) is 14.7 Å². The van der Waals surface area contributed by atoms with E-state index in [-0.39, 0.29) is 12.2 Å². The minimum atomic E-state index is -0.854. The molecule has 2 aromatic carbocycles. The van der Waals surface area contributed by atoms with Crippen molar-refractivity contribution in [3.63, 3.8) is 0 Å². The first-order valence-corrected chi connectivity index (χ1v) is 5.44. The summed E-state index contributed by atoms with van der Waals surface area (Å²) in [5.74, 6) is -1.31. The first-order valence-electron chi connectivity index (χ1n) is 5.44. The van der Waals surface area contributed by atoms with Crippen LogP contribution in [0.5, 0.6) is 5.75 Å². The summed E-state index contributed by atoms with van der Waals surface area (Å²) in [5, 5.41) is 11.1. The summed E-state index contributed by atoms with van der Waals surface area (Å²) in [5.41, 5.74) is 0.693. The number of benzene rings is 2. The molecule has 0 aliphatic heterocycles. The minimum absolute atomic E-state index is 0.0343. The molecule has 0 aromatic heterocycles. The smallest absolute Gasteiger partial charge is 0.374 e. The van der Waals surface area contributed by atoms with Crippen LogP contribution in [0.1, 0.15) is 5.56 Å². The maximum Gasteiger partial charge on any atom is 0.374 e. The van der Waals surface area contributed by atoms with Gasteiger partial charge in [0.15, 0.2) is 0 Å². The fourth-order valence-electron chi connectivity index (χ4n) is 1.86. The SMILES string of the molecule is COC(=O)C(=O)Cc1ccc(O)c2ccccc12. The Hall–Kier alpha value is -2.36. The standard InChI is InChI=1S/C14H12O4/c1-18-14(17)13(16)8-9-6-7-12(15)11-5-3-2-4-10(9)11/h2-7,15H,8H2,1H3. The van der Waals surface area contributed by atoms with Crippen molar-refractivity contribution in [2.75, 3.05) is 7.11 Å². The second-order valence-corrected chi connectivity index (χ2v) is 3.88. The number of aromatic hydroxyl groups is 1. The van der Waals surface area contributed by atoms with Gasteiger partial charge in [0.25, 0.3) is 0 Å². The van der Waals surface area contributed by atoms with Crippen molar-refractivity contribution in [2.24, 2.45) is 0 Å². The first-order chi connectivity index (χ1) is 8.63. The highest BCUT2D eigenvalue weighted by Gasteiger charge is 2.16. The third-order valence-electron chi connectivity index (χ3n) is 2.76. The number of hydrogen-bond acceptors (Lipinski definition) is 4. The number of carbonyl (C=O) groups excluding carboxylic acids is 2. The van der Waals surface area contributed by atoms with Gasteiger partial charge in [0.2, 0.25) is 5.78 Å². The molecule has 2 aromatic rings. The van der Waals surface area contributed by atoms with E-state index in [4.69, 9.17) is 0 Å². The molecular weight excluding hydrogens is 232 g/mol. The van der Waals surface area contributed by atoms with E-state index >= 15 is 0 Å². The Morgan fingerprint density at radius 3 is 2.44 bits per heavy atom. The molecule has 0 saturated carbocycles. The van der Waals surface area contributed by atoms with Crippen molar-refractivity contribution in [1.29, 1.82) is 0 Å². The number of methoxy groups -OCH3 is 1. The van der Waals surface area contributed by atoms with E-state index in [2.05, 4.69) is 4.74 Å². The van der Waals surface area contributed by atoms with E-state index in [0.717, 1.165) is 5.39 Å². The van der Waals surface area contributed by atoms with Gasteiger partial charge >= 0.3 is 5.97 Å². The number of hydrogen-bond donors (Lipinski definition) is 1. The Morgan fingerprint density at radius 2 is 1.78 bits per heavy atom. The molecule has 0 fully saturated rings. The molecule has 0 spiro atoms. The van der Waals surface area contributed by atoms with Crippen LogP contribution in [0.25, 0.3) is 10.8 Å². The van der Waals surface area contributed by atoms with Gasteiger partial charge in [-0.3, -0.25) is 4.79 Å². The Morgan fingerprint density at radius 1 is 1.11 bits per heavy atom. The molecule has 0 saturated heterocycles. The highest BCUT2D eigenvalue weighted by Crippen LogP contribution is 2.27. The van der Waals surface area contributed by atoms with Crippen LogP contribution in [-0.2, 0) is 20.7 Å². The van der Waals surface area contributed by atoms with Crippen LogP contribution in [0.15, 0.2) is 36.4 Å². The molecule has 18 heavy (non-hydrogen) atoms. The molecule has 4 nitrogen and oxygen atoms in total. The summed E-state index contributed by atoms with van der Waals surface area (Å²) in [6.07, 6.45) is -0.0343. The highest BCUT2D eigenvalue weighted by atomic mass is 16.5. The number of ether oxygens (including phenoxy) is 1. The van der Waals surface area contributed by atoms with Crippen molar-refractivity contribution >= 4 is 22.5 Å². The average Bonchev–Trinajstić information content (AvgIpc) is 2.41. The molecule has 0 radical (unpaired) electrons. The van der Waals surface area contributed by atoms with Crippen LogP contribution in [0.2, 0.25) is 0 Å². The molecule has 2 rings (SSSR count). The third-order valence-corrected chi connectivity index (χ3v) is 2.76. The molecule has 0 aliphatic carbocycles. The average molecular weight is 244 g/mol. The van der Waals surface area contributed by atoms with Gasteiger partial charge in [-0.25, -0.2) is 4.79 Å². The minimum Gasteiger partial charge on any atom is -0.507 e. The number of carbonyl (C=O) groups is 2. The predicted octanol–water partition coefficient (Wildman–Crippen LogP) is 1.83. The van der Waals surface area contributed by atoms with E-state index in [1.807, 2.05) is 6.07 Å². The monoisotopic (exact) mass is 244 g/mol. The van der Waals surface area contributed by atoms with E-state index in [1.54, 1.807) is 24.3 Å². The maximum absolute atomic E-state index is 11.5. The number of ketones is 1. The van der Waals surface area contributed by atoms with Gasteiger partial charge in [-0.05, 0) is 17.0 Å². The zero-order chi connectivity index (χ0) is 13.1. The second kappa shape index (κ2) is 4.87. The third kappa shape index (κ3) is 2.18. The van der Waals surface area contributed by atoms with Crippen molar-refractivity contribution in [2.45, 2.75) is 6.42 Å². The Kier molecular flexibility index (Phi) is 3.28. The lowest BCUT2D eigenvalue weighted by molar-refractivity contribution is -0.151. The second-order valence-electron chi connectivity index (χ2n) is 3.88. The number of rotatable bonds is 3. The fraction of sp³-hybridized carbons (Fsp3) is 0.143. The summed E-state index contributed by atoms with van der Waals surface area (Å²) in [6, 6.07) is 10.3. The Labute approximate surface area is 104 Å². The van der Waals surface area contributed by atoms with Crippen LogP contribution in [0.4, 0.5) is 0 Å². The summed E-state index contributed by atoms with van der Waals surface area (Å²) in [7, 11) is 1.18. The lowest BCUT2D eigenvalue weighted by atomic mass is 10.00. The topological polar surface area (TPSA) is 63.6 Å². The van der Waals surface area contributed by atoms with Gasteiger partial charge in [-0.1, -0.05) is 30.3 Å². The zero-order valence-corrected chi connectivity index (χ0v) is 9.84. The summed E-state index contributed by atoms with van der Waals surface area (Å²) in [6.45, 7) is 0. The van der Waals surface area contributed by atoms with Crippen LogP contribution >= 0.6 is 0 Å². The maximum atomic E-state index is 11.5. The van der Waals surface area contributed by atoms with E-state index in [1.165, 1.54) is 13.2 Å². The molecule has 0 aliphatic rings. The quantitative estimate of drug-likeness (QED) is 0.661. The molecule has 0 unspecified atom stereocenters. The lowest BCUT2D eigenvalue weighted by Crippen LogP contribution is -2.17. The lowest BCUT2D eigenvalue weighted by Gasteiger charge is -2.06. The summed E-state index contributed by atoms with van der Waals surface area (Å²) in [4.78, 5) is 22.6. The zero-order valence-electron chi connectivity index (χ0n) is 9.84.